The number of benzene rings is 1. The lowest BCUT2D eigenvalue weighted by atomic mass is 9.49. The predicted molar refractivity (Wildman–Crippen MR) is 120 cm³/mol. The largest absolute Gasteiger partial charge is 0.389 e. The van der Waals surface area contributed by atoms with E-state index in [1.165, 1.54) is 50.5 Å². The molecule has 1 saturated heterocycles. The van der Waals surface area contributed by atoms with E-state index < -0.39 is 0 Å². The Labute approximate surface area is 182 Å². The van der Waals surface area contributed by atoms with Crippen molar-refractivity contribution in [2.24, 2.45) is 23.2 Å². The number of β-amino-alcohol motifs (C(OH)–C–C–N with tert-alkyl or cyclic N) is 1. The maximum absolute atomic E-state index is 10.5. The molecule has 1 aromatic carbocycles. The molecule has 5 aliphatic rings. The summed E-state index contributed by atoms with van der Waals surface area (Å²) in [6.45, 7) is 7.35. The minimum Gasteiger partial charge on any atom is -0.389 e. The van der Waals surface area contributed by atoms with E-state index in [0.717, 1.165) is 63.6 Å². The van der Waals surface area contributed by atoms with E-state index in [9.17, 15) is 5.11 Å². The van der Waals surface area contributed by atoms with Gasteiger partial charge in [-0.15, -0.1) is 0 Å². The van der Waals surface area contributed by atoms with Crippen molar-refractivity contribution >= 4 is 0 Å². The van der Waals surface area contributed by atoms with Gasteiger partial charge in [-0.25, -0.2) is 0 Å². The molecule has 4 nitrogen and oxygen atoms in total. The third kappa shape index (κ3) is 5.09. The molecule has 166 valence electrons. The minimum atomic E-state index is -0.359. The SMILES string of the molecule is OC(COCCC12CC3CC(CC(C3)C1)C2)CN1CCN(Cc2ccccc2)CC1. The van der Waals surface area contributed by atoms with Crippen LogP contribution in [0.2, 0.25) is 0 Å². The first-order chi connectivity index (χ1) is 14.7. The lowest BCUT2D eigenvalue weighted by Gasteiger charge is -2.57. The van der Waals surface area contributed by atoms with E-state index in [-0.39, 0.29) is 6.10 Å². The second kappa shape index (κ2) is 9.28. The minimum absolute atomic E-state index is 0.359. The summed E-state index contributed by atoms with van der Waals surface area (Å²) in [5.41, 5.74) is 1.98. The van der Waals surface area contributed by atoms with Gasteiger partial charge in [-0.2, -0.15) is 0 Å². The molecular weight excluding hydrogens is 372 g/mol. The van der Waals surface area contributed by atoms with E-state index in [1.54, 1.807) is 0 Å². The zero-order valence-corrected chi connectivity index (χ0v) is 18.6. The highest BCUT2D eigenvalue weighted by atomic mass is 16.5. The van der Waals surface area contributed by atoms with E-state index in [2.05, 4.69) is 40.1 Å². The van der Waals surface area contributed by atoms with Crippen LogP contribution in [0.5, 0.6) is 0 Å². The van der Waals surface area contributed by atoms with Gasteiger partial charge in [-0.05, 0) is 73.7 Å². The lowest BCUT2D eigenvalue weighted by molar-refractivity contribution is -0.0744. The number of rotatable bonds is 9. The third-order valence-corrected chi connectivity index (χ3v) is 8.43. The van der Waals surface area contributed by atoms with Gasteiger partial charge >= 0.3 is 0 Å². The molecule has 0 amide bonds. The highest BCUT2D eigenvalue weighted by molar-refractivity contribution is 5.14. The molecule has 0 radical (unpaired) electrons. The van der Waals surface area contributed by atoms with Crippen molar-refractivity contribution in [2.75, 3.05) is 45.9 Å². The summed E-state index contributed by atoms with van der Waals surface area (Å²) in [5.74, 6) is 3.05. The van der Waals surface area contributed by atoms with Crippen molar-refractivity contribution in [3.05, 3.63) is 35.9 Å². The number of aliphatic hydroxyl groups excluding tert-OH is 1. The Morgan fingerprint density at radius 2 is 1.50 bits per heavy atom. The lowest BCUT2D eigenvalue weighted by Crippen LogP contribution is -2.48. The van der Waals surface area contributed by atoms with Gasteiger partial charge in [-0.3, -0.25) is 9.80 Å². The zero-order chi connectivity index (χ0) is 20.4. The zero-order valence-electron chi connectivity index (χ0n) is 18.6. The normalized spacial score (nSPS) is 35.0. The fourth-order valence-electron chi connectivity index (χ4n) is 7.43. The number of hydrogen-bond acceptors (Lipinski definition) is 4. The molecule has 4 bridgehead atoms. The molecule has 1 atom stereocenters. The number of nitrogens with zero attached hydrogens (tertiary/aromatic N) is 2. The summed E-state index contributed by atoms with van der Waals surface area (Å²) < 4.78 is 5.99. The fraction of sp³-hybridized carbons (Fsp3) is 0.769. The maximum Gasteiger partial charge on any atom is 0.0900 e. The topological polar surface area (TPSA) is 35.9 Å². The van der Waals surface area contributed by atoms with Crippen LogP contribution in [0.1, 0.15) is 50.5 Å². The van der Waals surface area contributed by atoms with E-state index in [0.29, 0.717) is 12.0 Å². The Kier molecular flexibility index (Phi) is 6.47. The predicted octanol–water partition coefficient (Wildman–Crippen LogP) is 3.79. The van der Waals surface area contributed by atoms with Crippen LogP contribution in [0.4, 0.5) is 0 Å². The van der Waals surface area contributed by atoms with Gasteiger partial charge in [0, 0.05) is 45.9 Å². The third-order valence-electron chi connectivity index (χ3n) is 8.43. The Morgan fingerprint density at radius 1 is 0.900 bits per heavy atom. The molecule has 1 N–H and O–H groups in total. The first-order valence-corrected chi connectivity index (χ1v) is 12.4. The van der Waals surface area contributed by atoms with Crippen LogP contribution in [-0.4, -0.2) is 66.9 Å². The molecule has 1 aromatic rings. The molecule has 4 heteroatoms. The quantitative estimate of drug-likeness (QED) is 0.626. The Balaban J connectivity index is 0.972. The summed E-state index contributed by atoms with van der Waals surface area (Å²) in [4.78, 5) is 4.91. The van der Waals surface area contributed by atoms with E-state index in [4.69, 9.17) is 4.74 Å². The smallest absolute Gasteiger partial charge is 0.0900 e. The first-order valence-electron chi connectivity index (χ1n) is 12.4. The summed E-state index contributed by atoms with van der Waals surface area (Å²) in [6, 6.07) is 10.7. The van der Waals surface area contributed by atoms with Crippen molar-refractivity contribution in [3.8, 4) is 0 Å². The van der Waals surface area contributed by atoms with Gasteiger partial charge in [0.2, 0.25) is 0 Å². The summed E-state index contributed by atoms with van der Waals surface area (Å²) in [6.07, 6.45) is 9.77. The van der Waals surface area contributed by atoms with E-state index in [1.807, 2.05) is 0 Å². The van der Waals surface area contributed by atoms with Gasteiger partial charge in [0.05, 0.1) is 12.7 Å². The van der Waals surface area contributed by atoms with Crippen molar-refractivity contribution < 1.29 is 9.84 Å². The van der Waals surface area contributed by atoms with Gasteiger partial charge in [0.25, 0.3) is 0 Å². The molecule has 6 rings (SSSR count). The second-order valence-electron chi connectivity index (χ2n) is 11.0. The van der Waals surface area contributed by atoms with Crippen LogP contribution < -0.4 is 0 Å². The standard InChI is InChI=1S/C26H40N2O2/c29-25(19-28-9-7-27(8-10-28)18-21-4-2-1-3-5-21)20-30-11-6-26-15-22-12-23(16-26)14-24(13-22)17-26/h1-5,22-25,29H,6-20H2. The average Bonchev–Trinajstić information content (AvgIpc) is 2.73. The summed E-state index contributed by atoms with van der Waals surface area (Å²) in [5, 5.41) is 10.5. The molecule has 30 heavy (non-hydrogen) atoms. The molecule has 1 unspecified atom stereocenters. The summed E-state index contributed by atoms with van der Waals surface area (Å²) >= 11 is 0. The van der Waals surface area contributed by atoms with Gasteiger partial charge < -0.3 is 9.84 Å². The Hall–Kier alpha value is -0.940. The summed E-state index contributed by atoms with van der Waals surface area (Å²) in [7, 11) is 0. The van der Waals surface area contributed by atoms with Gasteiger partial charge in [0.1, 0.15) is 0 Å². The number of hydrogen-bond donors (Lipinski definition) is 1. The highest BCUT2D eigenvalue weighted by Gasteiger charge is 2.50. The van der Waals surface area contributed by atoms with Crippen LogP contribution in [0.15, 0.2) is 30.3 Å². The second-order valence-corrected chi connectivity index (χ2v) is 11.0. The molecular formula is C26H40N2O2. The Morgan fingerprint density at radius 3 is 2.13 bits per heavy atom. The molecule has 0 spiro atoms. The van der Waals surface area contributed by atoms with Gasteiger partial charge in [-0.1, -0.05) is 30.3 Å². The Bertz CT molecular complexity index is 636. The number of ether oxygens (including phenoxy) is 1. The van der Waals surface area contributed by atoms with Gasteiger partial charge in [0.15, 0.2) is 0 Å². The van der Waals surface area contributed by atoms with Crippen LogP contribution in [-0.2, 0) is 11.3 Å². The van der Waals surface area contributed by atoms with Crippen molar-refractivity contribution in [1.82, 2.24) is 9.80 Å². The van der Waals surface area contributed by atoms with Crippen LogP contribution in [0, 0.1) is 23.2 Å². The first kappa shape index (κ1) is 20.9. The number of piperazine rings is 1. The molecule has 5 fully saturated rings. The molecule has 1 heterocycles. The van der Waals surface area contributed by atoms with E-state index >= 15 is 0 Å². The van der Waals surface area contributed by atoms with Crippen molar-refractivity contribution in [3.63, 3.8) is 0 Å². The average molecular weight is 413 g/mol. The maximum atomic E-state index is 10.5. The molecule has 4 aliphatic carbocycles. The molecule has 1 aliphatic heterocycles. The fourth-order valence-corrected chi connectivity index (χ4v) is 7.43. The number of aliphatic hydroxyl groups is 1. The van der Waals surface area contributed by atoms with Crippen LogP contribution in [0.25, 0.3) is 0 Å². The van der Waals surface area contributed by atoms with Crippen molar-refractivity contribution in [2.45, 2.75) is 57.6 Å². The van der Waals surface area contributed by atoms with Crippen LogP contribution in [0.3, 0.4) is 0 Å². The molecule has 4 saturated carbocycles. The molecule has 0 aromatic heterocycles. The van der Waals surface area contributed by atoms with Crippen molar-refractivity contribution in [1.29, 1.82) is 0 Å². The van der Waals surface area contributed by atoms with Crippen LogP contribution >= 0.6 is 0 Å². The highest BCUT2D eigenvalue weighted by Crippen LogP contribution is 2.61. The monoisotopic (exact) mass is 412 g/mol.